The van der Waals surface area contributed by atoms with Gasteiger partial charge in [0.25, 0.3) is 0 Å². The molecule has 1 aromatic rings. The number of amides is 1. The van der Waals surface area contributed by atoms with E-state index in [0.29, 0.717) is 12.3 Å². The SMILES string of the molecule is CC(C)CC1CCN(C(=O)Cc2ccc(N)cc2)C1. The van der Waals surface area contributed by atoms with Gasteiger partial charge in [0.05, 0.1) is 6.42 Å². The number of hydrogen-bond donors (Lipinski definition) is 1. The molecule has 1 aliphatic rings. The van der Waals surface area contributed by atoms with Gasteiger partial charge in [-0.3, -0.25) is 4.79 Å². The third-order valence-electron chi connectivity index (χ3n) is 3.78. The van der Waals surface area contributed by atoms with E-state index >= 15 is 0 Å². The molecule has 0 saturated carbocycles. The molecule has 0 aromatic heterocycles. The fourth-order valence-corrected chi connectivity index (χ4v) is 2.84. The van der Waals surface area contributed by atoms with Crippen molar-refractivity contribution in [3.8, 4) is 0 Å². The maximum absolute atomic E-state index is 12.2. The van der Waals surface area contributed by atoms with Crippen LogP contribution < -0.4 is 5.73 Å². The van der Waals surface area contributed by atoms with Gasteiger partial charge in [0.1, 0.15) is 0 Å². The molecule has 1 unspecified atom stereocenters. The molecule has 1 heterocycles. The lowest BCUT2D eigenvalue weighted by Gasteiger charge is -2.17. The predicted octanol–water partition coefficient (Wildman–Crippen LogP) is 2.71. The van der Waals surface area contributed by atoms with E-state index in [1.807, 2.05) is 29.2 Å². The fourth-order valence-electron chi connectivity index (χ4n) is 2.84. The molecule has 0 spiro atoms. The number of hydrogen-bond acceptors (Lipinski definition) is 2. The van der Waals surface area contributed by atoms with Crippen LogP contribution in [0.15, 0.2) is 24.3 Å². The number of carbonyl (C=O) groups is 1. The fraction of sp³-hybridized carbons (Fsp3) is 0.562. The van der Waals surface area contributed by atoms with Crippen molar-refractivity contribution in [1.82, 2.24) is 4.90 Å². The van der Waals surface area contributed by atoms with Crippen LogP contribution in [-0.2, 0) is 11.2 Å². The first-order chi connectivity index (χ1) is 9.04. The second-order valence-corrected chi connectivity index (χ2v) is 6.04. The van der Waals surface area contributed by atoms with Gasteiger partial charge in [-0.05, 0) is 42.4 Å². The Labute approximate surface area is 115 Å². The van der Waals surface area contributed by atoms with Gasteiger partial charge < -0.3 is 10.6 Å². The summed E-state index contributed by atoms with van der Waals surface area (Å²) in [6.07, 6.45) is 2.88. The quantitative estimate of drug-likeness (QED) is 0.846. The zero-order valence-corrected chi connectivity index (χ0v) is 11.9. The Bertz CT molecular complexity index is 425. The Balaban J connectivity index is 1.86. The molecule has 1 fully saturated rings. The maximum Gasteiger partial charge on any atom is 0.226 e. The Hall–Kier alpha value is -1.51. The smallest absolute Gasteiger partial charge is 0.226 e. The van der Waals surface area contributed by atoms with Crippen LogP contribution in [0, 0.1) is 11.8 Å². The van der Waals surface area contributed by atoms with Crippen molar-refractivity contribution in [1.29, 1.82) is 0 Å². The van der Waals surface area contributed by atoms with Crippen LogP contribution in [0.4, 0.5) is 5.69 Å². The van der Waals surface area contributed by atoms with E-state index in [-0.39, 0.29) is 5.91 Å². The van der Waals surface area contributed by atoms with Crippen molar-refractivity contribution >= 4 is 11.6 Å². The Morgan fingerprint density at radius 1 is 1.37 bits per heavy atom. The maximum atomic E-state index is 12.2. The first-order valence-electron chi connectivity index (χ1n) is 7.17. The summed E-state index contributed by atoms with van der Waals surface area (Å²) in [5.74, 6) is 1.66. The predicted molar refractivity (Wildman–Crippen MR) is 78.7 cm³/mol. The van der Waals surface area contributed by atoms with Crippen molar-refractivity contribution in [3.63, 3.8) is 0 Å². The molecule has 19 heavy (non-hydrogen) atoms. The number of likely N-dealkylation sites (tertiary alicyclic amines) is 1. The summed E-state index contributed by atoms with van der Waals surface area (Å²) >= 11 is 0. The van der Waals surface area contributed by atoms with Crippen LogP contribution >= 0.6 is 0 Å². The molecule has 0 radical (unpaired) electrons. The highest BCUT2D eigenvalue weighted by Crippen LogP contribution is 2.23. The average Bonchev–Trinajstić information content (AvgIpc) is 2.80. The highest BCUT2D eigenvalue weighted by atomic mass is 16.2. The van der Waals surface area contributed by atoms with Gasteiger partial charge >= 0.3 is 0 Å². The van der Waals surface area contributed by atoms with Crippen LogP contribution in [0.2, 0.25) is 0 Å². The number of anilines is 1. The van der Waals surface area contributed by atoms with Crippen LogP contribution in [0.1, 0.15) is 32.3 Å². The van der Waals surface area contributed by atoms with Gasteiger partial charge in [0.2, 0.25) is 5.91 Å². The molecule has 1 atom stereocenters. The summed E-state index contributed by atoms with van der Waals surface area (Å²) < 4.78 is 0. The minimum Gasteiger partial charge on any atom is -0.399 e. The molecule has 3 heteroatoms. The number of nitrogens with two attached hydrogens (primary N) is 1. The second-order valence-electron chi connectivity index (χ2n) is 6.04. The molecule has 1 saturated heterocycles. The summed E-state index contributed by atoms with van der Waals surface area (Å²) in [4.78, 5) is 14.2. The minimum atomic E-state index is 0.246. The van der Waals surface area contributed by atoms with Crippen LogP contribution in [0.5, 0.6) is 0 Å². The van der Waals surface area contributed by atoms with Gasteiger partial charge in [-0.2, -0.15) is 0 Å². The minimum absolute atomic E-state index is 0.246. The molecule has 104 valence electrons. The van der Waals surface area contributed by atoms with Gasteiger partial charge in [-0.1, -0.05) is 26.0 Å². The molecular weight excluding hydrogens is 236 g/mol. The van der Waals surface area contributed by atoms with E-state index in [1.165, 1.54) is 6.42 Å². The molecular formula is C16H24N2O. The van der Waals surface area contributed by atoms with E-state index in [0.717, 1.165) is 36.7 Å². The topological polar surface area (TPSA) is 46.3 Å². The largest absolute Gasteiger partial charge is 0.399 e. The van der Waals surface area contributed by atoms with Gasteiger partial charge in [0, 0.05) is 18.8 Å². The summed E-state index contributed by atoms with van der Waals surface area (Å²) in [5, 5.41) is 0. The molecule has 3 nitrogen and oxygen atoms in total. The lowest BCUT2D eigenvalue weighted by Crippen LogP contribution is -2.30. The summed E-state index contributed by atoms with van der Waals surface area (Å²) in [7, 11) is 0. The number of nitrogen functional groups attached to an aromatic ring is 1. The first-order valence-corrected chi connectivity index (χ1v) is 7.17. The Morgan fingerprint density at radius 2 is 2.05 bits per heavy atom. The average molecular weight is 260 g/mol. The van der Waals surface area contributed by atoms with Crippen molar-refractivity contribution in [2.75, 3.05) is 18.8 Å². The number of rotatable bonds is 4. The zero-order chi connectivity index (χ0) is 13.8. The summed E-state index contributed by atoms with van der Waals surface area (Å²) in [6, 6.07) is 7.59. The highest BCUT2D eigenvalue weighted by Gasteiger charge is 2.26. The van der Waals surface area contributed by atoms with Crippen molar-refractivity contribution < 1.29 is 4.79 Å². The Kier molecular flexibility index (Phi) is 4.46. The molecule has 1 amide bonds. The van der Waals surface area contributed by atoms with E-state index in [4.69, 9.17) is 5.73 Å². The van der Waals surface area contributed by atoms with Gasteiger partial charge in [-0.25, -0.2) is 0 Å². The summed E-state index contributed by atoms with van der Waals surface area (Å²) in [5.41, 5.74) is 7.44. The lowest BCUT2D eigenvalue weighted by atomic mass is 9.97. The standard InChI is InChI=1S/C16H24N2O/c1-12(2)9-14-7-8-18(11-14)16(19)10-13-3-5-15(17)6-4-13/h3-6,12,14H,7-11,17H2,1-2H3. The monoisotopic (exact) mass is 260 g/mol. The molecule has 2 N–H and O–H groups in total. The Morgan fingerprint density at radius 3 is 2.68 bits per heavy atom. The number of carbonyl (C=O) groups excluding carboxylic acids is 1. The molecule has 1 aliphatic heterocycles. The molecule has 1 aromatic carbocycles. The molecule has 0 bridgehead atoms. The lowest BCUT2D eigenvalue weighted by molar-refractivity contribution is -0.129. The number of benzene rings is 1. The van der Waals surface area contributed by atoms with E-state index in [1.54, 1.807) is 0 Å². The van der Waals surface area contributed by atoms with Gasteiger partial charge in [-0.15, -0.1) is 0 Å². The highest BCUT2D eigenvalue weighted by molar-refractivity contribution is 5.79. The third-order valence-corrected chi connectivity index (χ3v) is 3.78. The second kappa shape index (κ2) is 6.09. The molecule has 0 aliphatic carbocycles. The number of nitrogens with zero attached hydrogens (tertiary/aromatic N) is 1. The van der Waals surface area contributed by atoms with Crippen molar-refractivity contribution in [3.05, 3.63) is 29.8 Å². The van der Waals surface area contributed by atoms with Crippen molar-refractivity contribution in [2.45, 2.75) is 33.1 Å². The van der Waals surface area contributed by atoms with Crippen LogP contribution in [0.25, 0.3) is 0 Å². The zero-order valence-electron chi connectivity index (χ0n) is 11.9. The molecule has 2 rings (SSSR count). The first kappa shape index (κ1) is 13.9. The normalized spacial score (nSPS) is 19.1. The summed E-state index contributed by atoms with van der Waals surface area (Å²) in [6.45, 7) is 6.36. The van der Waals surface area contributed by atoms with Crippen LogP contribution in [0.3, 0.4) is 0 Å². The van der Waals surface area contributed by atoms with E-state index in [9.17, 15) is 4.79 Å². The van der Waals surface area contributed by atoms with E-state index < -0.39 is 0 Å². The van der Waals surface area contributed by atoms with Gasteiger partial charge in [0.15, 0.2) is 0 Å². The third kappa shape index (κ3) is 3.98. The van der Waals surface area contributed by atoms with Crippen LogP contribution in [-0.4, -0.2) is 23.9 Å². The van der Waals surface area contributed by atoms with Crippen molar-refractivity contribution in [2.24, 2.45) is 11.8 Å². The van der Waals surface area contributed by atoms with E-state index in [2.05, 4.69) is 13.8 Å².